The molecule has 0 aliphatic carbocycles. The van der Waals surface area contributed by atoms with Crippen LogP contribution in [0, 0.1) is 0 Å². The minimum atomic E-state index is -4.36. The number of hydrogen-bond donors (Lipinski definition) is 3. The van der Waals surface area contributed by atoms with Crippen molar-refractivity contribution < 1.29 is 32.9 Å². The molecule has 9 heteroatoms. The fourth-order valence-electron chi connectivity index (χ4n) is 6.53. The van der Waals surface area contributed by atoms with Crippen LogP contribution in [0.4, 0.5) is 0 Å². The highest BCUT2D eigenvalue weighted by atomic mass is 31.2. The summed E-state index contributed by atoms with van der Waals surface area (Å²) in [5.74, 6) is -0.217. The standard InChI is InChI=1S/C61H99N2O6P/c1-6-8-10-12-14-16-17-18-19-20-21-22-23-24-25-26-27-28-29-30-31-32-33-34-35-36-37-38-39-40-41-42-43-44-45-47-49-51-53-55-61(65)62-59(58-69-70(66,67)68-57-56-63(3,4)5)60(64)54-52-50-48-46-15-13-11-9-7-2/h8,10,14-16,18-19,21-22,24-25,27-28,30-31,33-34,36-37,39-40,42-43,46,52,54,59-60,64H,6-7,9,11-13,17,20,23,26,29,32,35,38,41,44-45,47-51,53,55-58H2,1-5H3,(H-,62,65,66,67)/p+1/b10-8-,16-14-,19-18-,22-21-,25-24-,28-27-,31-30-,34-33-,37-36-,40-39-,43-42-,46-15+,54-52+. The van der Waals surface area contributed by atoms with Crippen LogP contribution in [0.1, 0.15) is 168 Å². The monoisotopic (exact) mass is 988 g/mol. The number of rotatable bonds is 46. The number of likely N-dealkylation sites (N-methyl/N-ethyl adjacent to an activating group) is 1. The van der Waals surface area contributed by atoms with Crippen LogP contribution in [0.15, 0.2) is 158 Å². The second-order valence-corrected chi connectivity index (χ2v) is 20.0. The number of unbranched alkanes of at least 4 members (excludes halogenated alkanes) is 9. The molecule has 8 nitrogen and oxygen atoms in total. The smallest absolute Gasteiger partial charge is 0.387 e. The van der Waals surface area contributed by atoms with Gasteiger partial charge in [-0.3, -0.25) is 13.8 Å². The van der Waals surface area contributed by atoms with Gasteiger partial charge in [-0.2, -0.15) is 0 Å². The highest BCUT2D eigenvalue weighted by Gasteiger charge is 2.27. The summed E-state index contributed by atoms with van der Waals surface area (Å²) < 4.78 is 23.5. The number of quaternary nitrogens is 1. The summed E-state index contributed by atoms with van der Waals surface area (Å²) in [6, 6.07) is -0.883. The summed E-state index contributed by atoms with van der Waals surface area (Å²) >= 11 is 0. The maximum atomic E-state index is 12.9. The predicted octanol–water partition coefficient (Wildman–Crippen LogP) is 16.3. The van der Waals surface area contributed by atoms with Crippen LogP contribution in [0.25, 0.3) is 0 Å². The Bertz CT molecular complexity index is 1690. The van der Waals surface area contributed by atoms with Gasteiger partial charge in [0.2, 0.25) is 5.91 Å². The number of aliphatic hydroxyl groups is 1. The van der Waals surface area contributed by atoms with Crippen LogP contribution in [-0.2, 0) is 18.4 Å². The molecule has 0 spiro atoms. The lowest BCUT2D eigenvalue weighted by Crippen LogP contribution is -2.45. The second-order valence-electron chi connectivity index (χ2n) is 18.5. The molecular formula is C61H100N2O6P+. The van der Waals surface area contributed by atoms with E-state index in [0.29, 0.717) is 17.4 Å². The van der Waals surface area contributed by atoms with Crippen LogP contribution in [0.2, 0.25) is 0 Å². The van der Waals surface area contributed by atoms with Crippen molar-refractivity contribution in [2.24, 2.45) is 0 Å². The number of amides is 1. The predicted molar refractivity (Wildman–Crippen MR) is 304 cm³/mol. The molecule has 0 radical (unpaired) electrons. The lowest BCUT2D eigenvalue weighted by Gasteiger charge is -2.25. The zero-order valence-electron chi connectivity index (χ0n) is 44.7. The van der Waals surface area contributed by atoms with Gasteiger partial charge < -0.3 is 19.8 Å². The van der Waals surface area contributed by atoms with Crippen LogP contribution in [0.5, 0.6) is 0 Å². The largest absolute Gasteiger partial charge is 0.472 e. The van der Waals surface area contributed by atoms with Crippen molar-refractivity contribution in [3.63, 3.8) is 0 Å². The van der Waals surface area contributed by atoms with E-state index < -0.39 is 20.0 Å². The molecule has 0 bridgehead atoms. The molecule has 0 aliphatic rings. The quantitative estimate of drug-likeness (QED) is 0.0243. The molecule has 0 fully saturated rings. The number of allylic oxidation sites excluding steroid dienone is 25. The van der Waals surface area contributed by atoms with Gasteiger partial charge in [-0.15, -0.1) is 0 Å². The first-order valence-corrected chi connectivity index (χ1v) is 28.4. The summed E-state index contributed by atoms with van der Waals surface area (Å²) in [5.41, 5.74) is 0. The van der Waals surface area contributed by atoms with Crippen LogP contribution in [-0.4, -0.2) is 73.4 Å². The first-order chi connectivity index (χ1) is 34.0. The Morgan fingerprint density at radius 2 is 0.871 bits per heavy atom. The average molecular weight is 988 g/mol. The lowest BCUT2D eigenvalue weighted by atomic mass is 10.1. The molecule has 1 amide bonds. The van der Waals surface area contributed by atoms with E-state index in [1.54, 1.807) is 6.08 Å². The number of nitrogens with zero attached hydrogens (tertiary/aromatic N) is 1. The summed E-state index contributed by atoms with van der Waals surface area (Å²) in [4.78, 5) is 23.1. The number of aliphatic hydroxyl groups excluding tert-OH is 1. The Balaban J connectivity index is 4.16. The molecule has 0 heterocycles. The van der Waals surface area contributed by atoms with E-state index in [9.17, 15) is 19.4 Å². The third kappa shape index (κ3) is 52.0. The van der Waals surface area contributed by atoms with Crippen LogP contribution in [0.3, 0.4) is 0 Å². The lowest BCUT2D eigenvalue weighted by molar-refractivity contribution is -0.870. The molecule has 70 heavy (non-hydrogen) atoms. The fraction of sp³-hybridized carbons (Fsp3) is 0.557. The van der Waals surface area contributed by atoms with Crippen molar-refractivity contribution in [3.05, 3.63) is 158 Å². The van der Waals surface area contributed by atoms with E-state index in [-0.39, 0.29) is 19.1 Å². The Kier molecular flexibility index (Phi) is 47.3. The molecule has 0 aromatic heterocycles. The van der Waals surface area contributed by atoms with E-state index >= 15 is 0 Å². The first-order valence-electron chi connectivity index (χ1n) is 26.9. The molecule has 0 saturated heterocycles. The van der Waals surface area contributed by atoms with Gasteiger partial charge in [0.1, 0.15) is 13.2 Å². The van der Waals surface area contributed by atoms with Gasteiger partial charge in [0.25, 0.3) is 0 Å². The summed E-state index contributed by atoms with van der Waals surface area (Å²) in [7, 11) is 1.51. The first kappa shape index (κ1) is 66.1. The zero-order chi connectivity index (χ0) is 51.3. The number of carbonyl (C=O) groups is 1. The Morgan fingerprint density at radius 3 is 1.31 bits per heavy atom. The minimum absolute atomic E-state index is 0.0428. The molecular weight excluding hydrogens is 888 g/mol. The number of phosphoric acid groups is 1. The van der Waals surface area contributed by atoms with Gasteiger partial charge >= 0.3 is 7.82 Å². The van der Waals surface area contributed by atoms with Gasteiger partial charge in [0.15, 0.2) is 0 Å². The van der Waals surface area contributed by atoms with E-state index in [2.05, 4.69) is 165 Å². The van der Waals surface area contributed by atoms with Crippen LogP contribution >= 0.6 is 7.82 Å². The summed E-state index contributed by atoms with van der Waals surface area (Å²) in [6.45, 7) is 4.57. The maximum absolute atomic E-state index is 12.9. The maximum Gasteiger partial charge on any atom is 0.472 e. The van der Waals surface area contributed by atoms with Crippen molar-refractivity contribution >= 4 is 13.7 Å². The van der Waals surface area contributed by atoms with Gasteiger partial charge in [-0.1, -0.05) is 204 Å². The highest BCUT2D eigenvalue weighted by molar-refractivity contribution is 7.47. The molecule has 0 rings (SSSR count). The molecule has 0 aliphatic heterocycles. The third-order valence-electron chi connectivity index (χ3n) is 10.7. The van der Waals surface area contributed by atoms with E-state index in [0.717, 1.165) is 128 Å². The number of carbonyl (C=O) groups excluding carboxylic acids is 1. The fourth-order valence-corrected chi connectivity index (χ4v) is 7.27. The topological polar surface area (TPSA) is 105 Å². The number of phosphoric ester groups is 1. The molecule has 3 atom stereocenters. The second kappa shape index (κ2) is 50.1. The van der Waals surface area contributed by atoms with Crippen molar-refractivity contribution in [2.75, 3.05) is 40.9 Å². The van der Waals surface area contributed by atoms with Crippen molar-refractivity contribution in [1.29, 1.82) is 0 Å². The van der Waals surface area contributed by atoms with E-state index in [1.807, 2.05) is 27.2 Å². The Hall–Kier alpha value is -3.88. The molecule has 3 unspecified atom stereocenters. The van der Waals surface area contributed by atoms with Gasteiger partial charge in [-0.05, 0) is 116 Å². The van der Waals surface area contributed by atoms with E-state index in [1.165, 1.54) is 19.3 Å². The average Bonchev–Trinajstić information content (AvgIpc) is 3.32. The van der Waals surface area contributed by atoms with E-state index in [4.69, 9.17) is 9.05 Å². The molecule has 0 aromatic carbocycles. The molecule has 3 N–H and O–H groups in total. The summed E-state index contributed by atoms with van der Waals surface area (Å²) in [5, 5.41) is 13.7. The number of nitrogens with one attached hydrogen (secondary N) is 1. The Morgan fingerprint density at radius 1 is 0.500 bits per heavy atom. The minimum Gasteiger partial charge on any atom is -0.387 e. The molecule has 0 saturated carbocycles. The highest BCUT2D eigenvalue weighted by Crippen LogP contribution is 2.43. The third-order valence-corrected chi connectivity index (χ3v) is 11.7. The number of hydrogen-bond acceptors (Lipinski definition) is 5. The SMILES string of the molecule is CC/C=C\C/C=C\C/C=C\C/C=C\C/C=C\C/C=C\C/C=C\C/C=C\C/C=C\C/C=C\C/C=C\CCCCCCCC(=O)NC(COP(=O)(O)OCC[N+](C)(C)C)C(O)/C=C/CC/C=C/CCCCC. The van der Waals surface area contributed by atoms with Crippen molar-refractivity contribution in [2.45, 2.75) is 180 Å². The van der Waals surface area contributed by atoms with Crippen molar-refractivity contribution in [1.82, 2.24) is 5.32 Å². The van der Waals surface area contributed by atoms with Crippen molar-refractivity contribution in [3.8, 4) is 0 Å². The van der Waals surface area contributed by atoms with Gasteiger partial charge in [-0.25, -0.2) is 4.57 Å². The molecule has 394 valence electrons. The normalized spacial score (nSPS) is 15.2. The zero-order valence-corrected chi connectivity index (χ0v) is 45.6. The van der Waals surface area contributed by atoms with Gasteiger partial charge in [0.05, 0.1) is 39.9 Å². The van der Waals surface area contributed by atoms with Gasteiger partial charge in [0, 0.05) is 6.42 Å². The Labute approximate surface area is 429 Å². The summed E-state index contributed by atoms with van der Waals surface area (Å²) in [6.07, 6.45) is 79.3. The van der Waals surface area contributed by atoms with Crippen LogP contribution < -0.4 is 5.32 Å². The molecule has 0 aromatic rings.